The standard InChI is InChI=1S/C8H17N3O3/c1-8(2,6(12)13)11-7(14)10-5-3-4-9/h3-5,9H2,1-2H3,(H,12,13)(H2,10,11,14). The van der Waals surface area contributed by atoms with Gasteiger partial charge in [0, 0.05) is 6.54 Å². The summed E-state index contributed by atoms with van der Waals surface area (Å²) < 4.78 is 0. The van der Waals surface area contributed by atoms with Gasteiger partial charge >= 0.3 is 12.0 Å². The first kappa shape index (κ1) is 12.7. The molecule has 0 atom stereocenters. The van der Waals surface area contributed by atoms with E-state index in [4.69, 9.17) is 10.8 Å². The number of carboxylic acid groups (broad SMARTS) is 1. The lowest BCUT2D eigenvalue weighted by atomic mass is 10.1. The number of hydrogen-bond acceptors (Lipinski definition) is 3. The van der Waals surface area contributed by atoms with Crippen molar-refractivity contribution in [2.45, 2.75) is 25.8 Å². The van der Waals surface area contributed by atoms with E-state index < -0.39 is 17.5 Å². The Morgan fingerprint density at radius 3 is 2.43 bits per heavy atom. The van der Waals surface area contributed by atoms with Crippen molar-refractivity contribution in [2.75, 3.05) is 13.1 Å². The largest absolute Gasteiger partial charge is 0.480 e. The molecule has 5 N–H and O–H groups in total. The fourth-order valence-electron chi connectivity index (χ4n) is 0.685. The molecule has 0 spiro atoms. The smallest absolute Gasteiger partial charge is 0.328 e. The summed E-state index contributed by atoms with van der Waals surface area (Å²) in [5, 5.41) is 13.5. The Morgan fingerprint density at radius 2 is 2.00 bits per heavy atom. The zero-order valence-corrected chi connectivity index (χ0v) is 8.46. The van der Waals surface area contributed by atoms with E-state index >= 15 is 0 Å². The molecule has 0 aliphatic carbocycles. The van der Waals surface area contributed by atoms with Gasteiger partial charge in [-0.1, -0.05) is 0 Å². The second-order valence-electron chi connectivity index (χ2n) is 3.45. The number of carbonyl (C=O) groups is 2. The van der Waals surface area contributed by atoms with Crippen LogP contribution in [0.5, 0.6) is 0 Å². The lowest BCUT2D eigenvalue weighted by Gasteiger charge is -2.21. The van der Waals surface area contributed by atoms with Crippen molar-refractivity contribution < 1.29 is 14.7 Å². The monoisotopic (exact) mass is 203 g/mol. The van der Waals surface area contributed by atoms with Gasteiger partial charge in [0.15, 0.2) is 0 Å². The van der Waals surface area contributed by atoms with Gasteiger partial charge in [0.05, 0.1) is 0 Å². The lowest BCUT2D eigenvalue weighted by Crippen LogP contribution is -2.53. The van der Waals surface area contributed by atoms with E-state index in [2.05, 4.69) is 10.6 Å². The highest BCUT2D eigenvalue weighted by Gasteiger charge is 2.28. The summed E-state index contributed by atoms with van der Waals surface area (Å²) in [5.41, 5.74) is 3.97. The molecule has 82 valence electrons. The van der Waals surface area contributed by atoms with E-state index in [-0.39, 0.29) is 0 Å². The molecule has 0 aliphatic rings. The van der Waals surface area contributed by atoms with Gasteiger partial charge in [-0.05, 0) is 26.8 Å². The molecule has 14 heavy (non-hydrogen) atoms. The minimum atomic E-state index is -1.26. The Morgan fingerprint density at radius 1 is 1.43 bits per heavy atom. The third kappa shape index (κ3) is 4.66. The van der Waals surface area contributed by atoms with E-state index in [1.807, 2.05) is 0 Å². The minimum absolute atomic E-state index is 0.442. The highest BCUT2D eigenvalue weighted by atomic mass is 16.4. The van der Waals surface area contributed by atoms with Gasteiger partial charge in [-0.3, -0.25) is 0 Å². The Bertz CT molecular complexity index is 216. The van der Waals surface area contributed by atoms with Crippen molar-refractivity contribution in [1.82, 2.24) is 10.6 Å². The Kier molecular flexibility index (Phi) is 4.93. The number of rotatable bonds is 5. The van der Waals surface area contributed by atoms with Crippen LogP contribution in [0.3, 0.4) is 0 Å². The number of carbonyl (C=O) groups excluding carboxylic acids is 1. The van der Waals surface area contributed by atoms with Crippen LogP contribution >= 0.6 is 0 Å². The molecule has 0 aromatic carbocycles. The summed E-state index contributed by atoms with van der Waals surface area (Å²) in [6.07, 6.45) is 0.668. The first-order valence-corrected chi connectivity index (χ1v) is 4.39. The highest BCUT2D eigenvalue weighted by molar-refractivity contribution is 5.85. The molecule has 0 aromatic rings. The second kappa shape index (κ2) is 5.43. The average Bonchev–Trinajstić information content (AvgIpc) is 2.03. The maximum Gasteiger partial charge on any atom is 0.328 e. The van der Waals surface area contributed by atoms with Gasteiger partial charge < -0.3 is 21.5 Å². The van der Waals surface area contributed by atoms with Gasteiger partial charge in [0.1, 0.15) is 5.54 Å². The van der Waals surface area contributed by atoms with E-state index in [0.717, 1.165) is 0 Å². The van der Waals surface area contributed by atoms with E-state index in [9.17, 15) is 9.59 Å². The van der Waals surface area contributed by atoms with Crippen LogP contribution in [0.1, 0.15) is 20.3 Å². The van der Waals surface area contributed by atoms with Crippen LogP contribution in [-0.2, 0) is 4.79 Å². The maximum absolute atomic E-state index is 11.1. The summed E-state index contributed by atoms with van der Waals surface area (Å²) in [5.74, 6) is -1.08. The molecule has 0 saturated carbocycles. The number of hydrogen-bond donors (Lipinski definition) is 4. The van der Waals surface area contributed by atoms with E-state index in [1.54, 1.807) is 0 Å². The van der Waals surface area contributed by atoms with Crippen LogP contribution in [0.4, 0.5) is 4.79 Å². The van der Waals surface area contributed by atoms with Gasteiger partial charge in [-0.25, -0.2) is 9.59 Å². The van der Waals surface area contributed by atoms with Crippen LogP contribution < -0.4 is 16.4 Å². The first-order valence-electron chi connectivity index (χ1n) is 4.39. The molecule has 0 aliphatic heterocycles. The molecule has 0 saturated heterocycles. The molecule has 0 fully saturated rings. The Balaban J connectivity index is 3.88. The molecule has 0 aromatic heterocycles. The van der Waals surface area contributed by atoms with Crippen LogP contribution in [0, 0.1) is 0 Å². The van der Waals surface area contributed by atoms with Crippen molar-refractivity contribution >= 4 is 12.0 Å². The van der Waals surface area contributed by atoms with Crippen molar-refractivity contribution in [1.29, 1.82) is 0 Å². The summed E-state index contributed by atoms with van der Waals surface area (Å²) in [4.78, 5) is 21.7. The van der Waals surface area contributed by atoms with Gasteiger partial charge in [0.25, 0.3) is 0 Å². The summed E-state index contributed by atoms with van der Waals surface area (Å²) in [6.45, 7) is 3.76. The molecular formula is C8H17N3O3. The molecule has 0 heterocycles. The molecule has 6 nitrogen and oxygen atoms in total. The van der Waals surface area contributed by atoms with Crippen LogP contribution in [0.2, 0.25) is 0 Å². The molecule has 0 radical (unpaired) electrons. The Hall–Kier alpha value is -1.30. The zero-order chi connectivity index (χ0) is 11.2. The molecule has 0 unspecified atom stereocenters. The quantitative estimate of drug-likeness (QED) is 0.452. The number of amides is 2. The van der Waals surface area contributed by atoms with Crippen molar-refractivity contribution in [3.05, 3.63) is 0 Å². The predicted molar refractivity (Wildman–Crippen MR) is 51.9 cm³/mol. The normalized spacial score (nSPS) is 10.8. The predicted octanol–water partition coefficient (Wildman–Crippen LogP) is -0.502. The van der Waals surface area contributed by atoms with Crippen molar-refractivity contribution in [3.8, 4) is 0 Å². The number of aliphatic carboxylic acids is 1. The highest BCUT2D eigenvalue weighted by Crippen LogP contribution is 2.00. The van der Waals surface area contributed by atoms with Crippen molar-refractivity contribution in [2.24, 2.45) is 5.73 Å². The van der Waals surface area contributed by atoms with E-state index in [0.29, 0.717) is 19.5 Å². The molecule has 2 amide bonds. The molecule has 6 heteroatoms. The maximum atomic E-state index is 11.1. The van der Waals surface area contributed by atoms with Crippen LogP contribution in [0.15, 0.2) is 0 Å². The van der Waals surface area contributed by atoms with Gasteiger partial charge in [0.2, 0.25) is 0 Å². The minimum Gasteiger partial charge on any atom is -0.480 e. The second-order valence-corrected chi connectivity index (χ2v) is 3.45. The molecule has 0 rings (SSSR count). The topological polar surface area (TPSA) is 104 Å². The fraction of sp³-hybridized carbons (Fsp3) is 0.750. The van der Waals surface area contributed by atoms with E-state index in [1.165, 1.54) is 13.8 Å². The summed E-state index contributed by atoms with van der Waals surface area (Å²) in [7, 11) is 0. The molecular weight excluding hydrogens is 186 g/mol. The zero-order valence-electron chi connectivity index (χ0n) is 8.46. The Labute approximate surface area is 82.9 Å². The summed E-state index contributed by atoms with van der Waals surface area (Å²) >= 11 is 0. The van der Waals surface area contributed by atoms with Crippen LogP contribution in [0.25, 0.3) is 0 Å². The third-order valence-corrected chi connectivity index (χ3v) is 1.63. The first-order chi connectivity index (χ1) is 6.40. The summed E-state index contributed by atoms with van der Waals surface area (Å²) in [6, 6.07) is -0.495. The third-order valence-electron chi connectivity index (χ3n) is 1.63. The van der Waals surface area contributed by atoms with Crippen molar-refractivity contribution in [3.63, 3.8) is 0 Å². The SMILES string of the molecule is CC(C)(NC(=O)NCCCN)C(=O)O. The number of carboxylic acids is 1. The lowest BCUT2D eigenvalue weighted by molar-refractivity contribution is -0.142. The average molecular weight is 203 g/mol. The number of nitrogens with two attached hydrogens (primary N) is 1. The molecule has 0 bridgehead atoms. The number of nitrogens with one attached hydrogen (secondary N) is 2. The number of urea groups is 1. The van der Waals surface area contributed by atoms with Gasteiger partial charge in [-0.15, -0.1) is 0 Å². The van der Waals surface area contributed by atoms with Crippen LogP contribution in [-0.4, -0.2) is 35.7 Å². The van der Waals surface area contributed by atoms with Gasteiger partial charge in [-0.2, -0.15) is 0 Å². The fourth-order valence-corrected chi connectivity index (χ4v) is 0.685.